The van der Waals surface area contributed by atoms with Crippen LogP contribution < -0.4 is 10.6 Å². The summed E-state index contributed by atoms with van der Waals surface area (Å²) in [7, 11) is 0. The van der Waals surface area contributed by atoms with Crippen molar-refractivity contribution in [3.63, 3.8) is 0 Å². The van der Waals surface area contributed by atoms with Gasteiger partial charge in [0.25, 0.3) is 0 Å². The van der Waals surface area contributed by atoms with Crippen molar-refractivity contribution in [1.82, 2.24) is 4.98 Å². The van der Waals surface area contributed by atoms with E-state index in [-0.39, 0.29) is 5.84 Å². The van der Waals surface area contributed by atoms with Crippen LogP contribution in [0.1, 0.15) is 32.4 Å². The van der Waals surface area contributed by atoms with Gasteiger partial charge in [0, 0.05) is 12.6 Å². The summed E-state index contributed by atoms with van der Waals surface area (Å²) in [5, 5.41) is 11.5. The van der Waals surface area contributed by atoms with Gasteiger partial charge in [-0.3, -0.25) is 4.98 Å². The first-order valence-corrected chi connectivity index (χ1v) is 6.32. The van der Waals surface area contributed by atoms with E-state index in [1.165, 1.54) is 12.8 Å². The Bertz CT molecular complexity index is 429. The van der Waals surface area contributed by atoms with Gasteiger partial charge in [0.1, 0.15) is 5.69 Å². The van der Waals surface area contributed by atoms with Gasteiger partial charge in [-0.1, -0.05) is 12.1 Å². The fourth-order valence-electron chi connectivity index (χ4n) is 2.55. The SMILES string of the molecule is CC1CCN(c2ccc(/C(N)=N/O)nc2)C(C)C1. The fourth-order valence-corrected chi connectivity index (χ4v) is 2.55. The van der Waals surface area contributed by atoms with Crippen molar-refractivity contribution in [1.29, 1.82) is 0 Å². The molecular formula is C13H20N4O. The molecule has 1 fully saturated rings. The molecule has 18 heavy (non-hydrogen) atoms. The van der Waals surface area contributed by atoms with Gasteiger partial charge in [0.05, 0.1) is 11.9 Å². The minimum atomic E-state index is 0.0434. The third-order valence-electron chi connectivity index (χ3n) is 3.59. The van der Waals surface area contributed by atoms with Crippen molar-refractivity contribution in [2.45, 2.75) is 32.7 Å². The van der Waals surface area contributed by atoms with Crippen LogP contribution in [-0.4, -0.2) is 28.6 Å². The molecule has 2 atom stereocenters. The second-order valence-corrected chi connectivity index (χ2v) is 5.06. The van der Waals surface area contributed by atoms with Gasteiger partial charge in [0.15, 0.2) is 5.84 Å². The van der Waals surface area contributed by atoms with E-state index in [2.05, 4.69) is 28.9 Å². The van der Waals surface area contributed by atoms with E-state index in [4.69, 9.17) is 10.9 Å². The summed E-state index contributed by atoms with van der Waals surface area (Å²) < 4.78 is 0. The molecule has 5 nitrogen and oxygen atoms in total. The van der Waals surface area contributed by atoms with Crippen LogP contribution in [0.4, 0.5) is 5.69 Å². The Hall–Kier alpha value is -1.78. The molecule has 2 unspecified atom stereocenters. The number of rotatable bonds is 2. The zero-order valence-corrected chi connectivity index (χ0v) is 10.9. The molecule has 0 aliphatic carbocycles. The lowest BCUT2D eigenvalue weighted by Crippen LogP contribution is -2.40. The smallest absolute Gasteiger partial charge is 0.188 e. The Kier molecular flexibility index (Phi) is 3.69. The van der Waals surface area contributed by atoms with Crippen molar-refractivity contribution in [3.8, 4) is 0 Å². The molecular weight excluding hydrogens is 228 g/mol. The van der Waals surface area contributed by atoms with Gasteiger partial charge in [-0.25, -0.2) is 0 Å². The summed E-state index contributed by atoms with van der Waals surface area (Å²) >= 11 is 0. The molecule has 1 aromatic heterocycles. The average Bonchev–Trinajstić information content (AvgIpc) is 2.38. The number of hydrogen-bond donors (Lipinski definition) is 2. The minimum Gasteiger partial charge on any atom is -0.409 e. The lowest BCUT2D eigenvalue weighted by molar-refractivity contribution is 0.318. The molecule has 1 saturated heterocycles. The van der Waals surface area contributed by atoms with Crippen LogP contribution >= 0.6 is 0 Å². The van der Waals surface area contributed by atoms with Gasteiger partial charge in [-0.2, -0.15) is 0 Å². The van der Waals surface area contributed by atoms with Crippen LogP contribution in [0.2, 0.25) is 0 Å². The normalized spacial score (nSPS) is 25.2. The van der Waals surface area contributed by atoms with Crippen LogP contribution in [-0.2, 0) is 0 Å². The fraction of sp³-hybridized carbons (Fsp3) is 0.538. The van der Waals surface area contributed by atoms with Gasteiger partial charge < -0.3 is 15.8 Å². The molecule has 0 amide bonds. The van der Waals surface area contributed by atoms with E-state index in [9.17, 15) is 0 Å². The molecule has 2 heterocycles. The standard InChI is InChI=1S/C13H20N4O/c1-9-5-6-17(10(2)7-9)11-3-4-12(15-8-11)13(14)16-18/h3-4,8-10,18H,5-7H2,1-2H3,(H2,14,16). The first kappa shape index (κ1) is 12.7. The van der Waals surface area contributed by atoms with Crippen LogP contribution in [0.3, 0.4) is 0 Å². The summed E-state index contributed by atoms with van der Waals surface area (Å²) in [5.41, 5.74) is 7.09. The lowest BCUT2D eigenvalue weighted by atomic mass is 9.93. The highest BCUT2D eigenvalue weighted by atomic mass is 16.4. The molecule has 0 bridgehead atoms. The number of nitrogens with two attached hydrogens (primary N) is 1. The van der Waals surface area contributed by atoms with Crippen LogP contribution in [0.5, 0.6) is 0 Å². The third-order valence-corrected chi connectivity index (χ3v) is 3.59. The summed E-state index contributed by atoms with van der Waals surface area (Å²) in [6, 6.07) is 4.30. The highest BCUT2D eigenvalue weighted by molar-refractivity contribution is 5.95. The Balaban J connectivity index is 2.14. The number of oxime groups is 1. The maximum atomic E-state index is 8.59. The van der Waals surface area contributed by atoms with E-state index in [0.717, 1.165) is 18.2 Å². The monoisotopic (exact) mass is 248 g/mol. The lowest BCUT2D eigenvalue weighted by Gasteiger charge is -2.38. The molecule has 5 heteroatoms. The molecule has 1 aliphatic heterocycles. The molecule has 1 aromatic rings. The zero-order valence-electron chi connectivity index (χ0n) is 10.9. The van der Waals surface area contributed by atoms with Crippen molar-refractivity contribution < 1.29 is 5.21 Å². The Morgan fingerprint density at radius 1 is 1.50 bits per heavy atom. The van der Waals surface area contributed by atoms with E-state index >= 15 is 0 Å². The number of pyridine rings is 1. The highest BCUT2D eigenvalue weighted by Crippen LogP contribution is 2.27. The first-order chi connectivity index (χ1) is 8.61. The number of aromatic nitrogens is 1. The van der Waals surface area contributed by atoms with Crippen LogP contribution in [0, 0.1) is 5.92 Å². The predicted octanol–water partition coefficient (Wildman–Crippen LogP) is 1.80. The van der Waals surface area contributed by atoms with E-state index in [0.29, 0.717) is 11.7 Å². The van der Waals surface area contributed by atoms with Crippen LogP contribution in [0.15, 0.2) is 23.5 Å². The molecule has 0 spiro atoms. The summed E-state index contributed by atoms with van der Waals surface area (Å²) in [6.45, 7) is 5.60. The Morgan fingerprint density at radius 3 is 2.83 bits per heavy atom. The number of nitrogens with zero attached hydrogens (tertiary/aromatic N) is 3. The second-order valence-electron chi connectivity index (χ2n) is 5.06. The minimum absolute atomic E-state index is 0.0434. The largest absolute Gasteiger partial charge is 0.409 e. The molecule has 0 aromatic carbocycles. The Labute approximate surface area is 107 Å². The van der Waals surface area contributed by atoms with Crippen molar-refractivity contribution in [3.05, 3.63) is 24.0 Å². The maximum Gasteiger partial charge on any atom is 0.188 e. The zero-order chi connectivity index (χ0) is 13.1. The van der Waals surface area contributed by atoms with E-state index in [1.54, 1.807) is 12.3 Å². The van der Waals surface area contributed by atoms with Gasteiger partial charge in [-0.05, 0) is 37.8 Å². The second kappa shape index (κ2) is 5.25. The average molecular weight is 248 g/mol. The number of piperidine rings is 1. The topological polar surface area (TPSA) is 74.7 Å². The predicted molar refractivity (Wildman–Crippen MR) is 72.0 cm³/mol. The Morgan fingerprint density at radius 2 is 2.28 bits per heavy atom. The molecule has 2 rings (SSSR count). The van der Waals surface area contributed by atoms with E-state index < -0.39 is 0 Å². The number of amidine groups is 1. The number of anilines is 1. The quantitative estimate of drug-likeness (QED) is 0.362. The van der Waals surface area contributed by atoms with Gasteiger partial charge >= 0.3 is 0 Å². The molecule has 0 radical (unpaired) electrons. The molecule has 98 valence electrons. The van der Waals surface area contributed by atoms with Crippen molar-refractivity contribution >= 4 is 11.5 Å². The molecule has 3 N–H and O–H groups in total. The maximum absolute atomic E-state index is 8.59. The van der Waals surface area contributed by atoms with Gasteiger partial charge in [-0.15, -0.1) is 0 Å². The molecule has 0 saturated carbocycles. The summed E-state index contributed by atoms with van der Waals surface area (Å²) in [6.07, 6.45) is 4.22. The summed E-state index contributed by atoms with van der Waals surface area (Å²) in [4.78, 5) is 6.58. The van der Waals surface area contributed by atoms with Crippen molar-refractivity contribution in [2.75, 3.05) is 11.4 Å². The van der Waals surface area contributed by atoms with Gasteiger partial charge in [0.2, 0.25) is 0 Å². The van der Waals surface area contributed by atoms with Crippen LogP contribution in [0.25, 0.3) is 0 Å². The first-order valence-electron chi connectivity index (χ1n) is 6.32. The third kappa shape index (κ3) is 2.55. The van der Waals surface area contributed by atoms with E-state index in [1.807, 2.05) is 6.07 Å². The number of hydrogen-bond acceptors (Lipinski definition) is 4. The summed E-state index contributed by atoms with van der Waals surface area (Å²) in [5.74, 6) is 0.836. The van der Waals surface area contributed by atoms with Crippen molar-refractivity contribution in [2.24, 2.45) is 16.8 Å². The highest BCUT2D eigenvalue weighted by Gasteiger charge is 2.23. The molecule has 1 aliphatic rings.